The normalized spacial score (nSPS) is 22.3. The fraction of sp³-hybridized carbons (Fsp3) is 0.833. The van der Waals surface area contributed by atoms with Gasteiger partial charge in [-0.1, -0.05) is 13.8 Å². The topological polar surface area (TPSA) is 37.4 Å². The standard InChI is InChI=1S/C12H19NO2/c1-3-8(2)11(14)12(15)13(9-4-5-9)10-6-7-10/h8-10H,3-7H2,1-2H3. The molecule has 3 nitrogen and oxygen atoms in total. The van der Waals surface area contributed by atoms with Crippen LogP contribution in [0.15, 0.2) is 0 Å². The zero-order valence-electron chi connectivity index (χ0n) is 9.53. The number of ketones is 1. The Hall–Kier alpha value is -0.860. The maximum Gasteiger partial charge on any atom is 0.290 e. The van der Waals surface area contributed by atoms with Gasteiger partial charge in [0.15, 0.2) is 0 Å². The van der Waals surface area contributed by atoms with E-state index in [2.05, 4.69) is 0 Å². The highest BCUT2D eigenvalue weighted by atomic mass is 16.2. The minimum absolute atomic E-state index is 0.113. The molecular formula is C12H19NO2. The van der Waals surface area contributed by atoms with E-state index in [0.29, 0.717) is 12.1 Å². The van der Waals surface area contributed by atoms with Crippen LogP contribution in [0.5, 0.6) is 0 Å². The number of carbonyl (C=O) groups is 2. The van der Waals surface area contributed by atoms with Crippen molar-refractivity contribution in [2.24, 2.45) is 5.92 Å². The summed E-state index contributed by atoms with van der Waals surface area (Å²) in [7, 11) is 0. The molecule has 0 aromatic carbocycles. The van der Waals surface area contributed by atoms with Gasteiger partial charge < -0.3 is 4.90 Å². The van der Waals surface area contributed by atoms with Gasteiger partial charge in [-0.2, -0.15) is 0 Å². The lowest BCUT2D eigenvalue weighted by molar-refractivity contribution is -0.147. The molecule has 0 aliphatic heterocycles. The Kier molecular flexibility index (Phi) is 2.81. The fourth-order valence-electron chi connectivity index (χ4n) is 1.86. The van der Waals surface area contributed by atoms with Gasteiger partial charge in [0.25, 0.3) is 5.91 Å². The molecule has 1 amide bonds. The van der Waals surface area contributed by atoms with Crippen LogP contribution in [0.4, 0.5) is 0 Å². The molecule has 2 rings (SSSR count). The number of carbonyl (C=O) groups excluding carboxylic acids is 2. The Bertz CT molecular complexity index is 267. The summed E-state index contributed by atoms with van der Waals surface area (Å²) in [6, 6.07) is 0.774. The molecule has 0 N–H and O–H groups in total. The lowest BCUT2D eigenvalue weighted by atomic mass is 10.0. The van der Waals surface area contributed by atoms with Crippen molar-refractivity contribution >= 4 is 11.7 Å². The van der Waals surface area contributed by atoms with E-state index in [9.17, 15) is 9.59 Å². The van der Waals surface area contributed by atoms with E-state index in [4.69, 9.17) is 0 Å². The second-order valence-electron chi connectivity index (χ2n) is 4.85. The van der Waals surface area contributed by atoms with Crippen LogP contribution in [0.1, 0.15) is 46.0 Å². The molecular weight excluding hydrogens is 190 g/mol. The number of amides is 1. The van der Waals surface area contributed by atoms with Gasteiger partial charge in [0.1, 0.15) is 0 Å². The third-order valence-corrected chi connectivity index (χ3v) is 3.39. The molecule has 1 atom stereocenters. The third kappa shape index (κ3) is 2.21. The van der Waals surface area contributed by atoms with Crippen molar-refractivity contribution in [1.82, 2.24) is 4.90 Å². The zero-order valence-corrected chi connectivity index (χ0v) is 9.53. The Morgan fingerprint density at radius 2 is 1.67 bits per heavy atom. The van der Waals surface area contributed by atoms with E-state index in [1.165, 1.54) is 0 Å². The Morgan fingerprint density at radius 1 is 1.20 bits per heavy atom. The van der Waals surface area contributed by atoms with Gasteiger partial charge in [0.05, 0.1) is 0 Å². The van der Waals surface area contributed by atoms with Crippen LogP contribution in [0.2, 0.25) is 0 Å². The third-order valence-electron chi connectivity index (χ3n) is 3.39. The van der Waals surface area contributed by atoms with Gasteiger partial charge in [-0.05, 0) is 32.1 Å². The monoisotopic (exact) mass is 209 g/mol. The first-order chi connectivity index (χ1) is 7.15. The second-order valence-corrected chi connectivity index (χ2v) is 4.85. The summed E-state index contributed by atoms with van der Waals surface area (Å²) in [4.78, 5) is 25.6. The number of nitrogens with zero attached hydrogens (tertiary/aromatic N) is 1. The number of hydrogen-bond donors (Lipinski definition) is 0. The van der Waals surface area contributed by atoms with Crippen LogP contribution in [0, 0.1) is 5.92 Å². The first-order valence-electron chi connectivity index (χ1n) is 6.01. The Labute approximate surface area is 90.8 Å². The van der Waals surface area contributed by atoms with Crippen molar-refractivity contribution in [3.8, 4) is 0 Å². The van der Waals surface area contributed by atoms with E-state index in [1.54, 1.807) is 0 Å². The van der Waals surface area contributed by atoms with Crippen molar-refractivity contribution in [1.29, 1.82) is 0 Å². The summed E-state index contributed by atoms with van der Waals surface area (Å²) in [6.45, 7) is 3.80. The minimum Gasteiger partial charge on any atom is -0.330 e. The molecule has 3 heteroatoms. The first-order valence-corrected chi connectivity index (χ1v) is 6.01. The molecule has 84 valence electrons. The molecule has 2 aliphatic rings. The van der Waals surface area contributed by atoms with Crippen LogP contribution in [-0.4, -0.2) is 28.7 Å². The summed E-state index contributed by atoms with van der Waals surface area (Å²) in [5.41, 5.74) is 0. The van der Waals surface area contributed by atoms with Crippen LogP contribution in [0.25, 0.3) is 0 Å². The molecule has 1 unspecified atom stereocenters. The smallest absolute Gasteiger partial charge is 0.290 e. The molecule has 2 fully saturated rings. The minimum atomic E-state index is -0.214. The second kappa shape index (κ2) is 3.95. The van der Waals surface area contributed by atoms with Crippen molar-refractivity contribution in [2.75, 3.05) is 0 Å². The highest BCUT2D eigenvalue weighted by molar-refractivity contribution is 6.37. The largest absolute Gasteiger partial charge is 0.330 e. The summed E-state index contributed by atoms with van der Waals surface area (Å²) in [5.74, 6) is -0.511. The SMILES string of the molecule is CCC(C)C(=O)C(=O)N(C1CC1)C1CC1. The molecule has 0 heterocycles. The van der Waals surface area contributed by atoms with Gasteiger partial charge in [0.2, 0.25) is 5.78 Å². The zero-order chi connectivity index (χ0) is 11.0. The molecule has 2 saturated carbocycles. The first kappa shape index (κ1) is 10.7. The van der Waals surface area contributed by atoms with Crippen LogP contribution < -0.4 is 0 Å². The maximum atomic E-state index is 12.0. The molecule has 0 bridgehead atoms. The summed E-state index contributed by atoms with van der Waals surface area (Å²) < 4.78 is 0. The highest BCUT2D eigenvalue weighted by Crippen LogP contribution is 2.37. The highest BCUT2D eigenvalue weighted by Gasteiger charge is 2.44. The Balaban J connectivity index is 2.00. The van der Waals surface area contributed by atoms with E-state index in [-0.39, 0.29) is 17.6 Å². The molecule has 0 spiro atoms. The van der Waals surface area contributed by atoms with E-state index in [0.717, 1.165) is 32.1 Å². The van der Waals surface area contributed by atoms with Gasteiger partial charge in [-0.15, -0.1) is 0 Å². The van der Waals surface area contributed by atoms with Crippen LogP contribution in [0.3, 0.4) is 0 Å². The van der Waals surface area contributed by atoms with Gasteiger partial charge in [-0.3, -0.25) is 9.59 Å². The van der Waals surface area contributed by atoms with Crippen molar-refractivity contribution in [2.45, 2.75) is 58.0 Å². The maximum absolute atomic E-state index is 12.0. The predicted octanol–water partition coefficient (Wildman–Crippen LogP) is 1.75. The van der Waals surface area contributed by atoms with Crippen LogP contribution in [-0.2, 0) is 9.59 Å². The summed E-state index contributed by atoms with van der Waals surface area (Å²) in [6.07, 6.45) is 5.13. The molecule has 0 saturated heterocycles. The van der Waals surface area contributed by atoms with Crippen LogP contribution >= 0.6 is 0 Å². The molecule has 2 aliphatic carbocycles. The number of hydrogen-bond acceptors (Lipinski definition) is 2. The van der Waals surface area contributed by atoms with Crippen molar-refractivity contribution in [3.05, 3.63) is 0 Å². The van der Waals surface area contributed by atoms with Crippen molar-refractivity contribution in [3.63, 3.8) is 0 Å². The average molecular weight is 209 g/mol. The van der Waals surface area contributed by atoms with Gasteiger partial charge in [0, 0.05) is 18.0 Å². The van der Waals surface area contributed by atoms with E-state index < -0.39 is 0 Å². The van der Waals surface area contributed by atoms with Gasteiger partial charge in [-0.25, -0.2) is 0 Å². The summed E-state index contributed by atoms with van der Waals surface area (Å²) >= 11 is 0. The predicted molar refractivity (Wildman–Crippen MR) is 57.4 cm³/mol. The van der Waals surface area contributed by atoms with Gasteiger partial charge >= 0.3 is 0 Å². The molecule has 15 heavy (non-hydrogen) atoms. The fourth-order valence-corrected chi connectivity index (χ4v) is 1.86. The Morgan fingerprint density at radius 3 is 2.00 bits per heavy atom. The molecule has 0 aromatic rings. The quantitative estimate of drug-likeness (QED) is 0.647. The number of rotatable bonds is 5. The number of Topliss-reactive ketones (excluding diaryl/α,β-unsaturated/α-hetero) is 1. The summed E-state index contributed by atoms with van der Waals surface area (Å²) in [5, 5.41) is 0. The van der Waals surface area contributed by atoms with E-state index in [1.807, 2.05) is 18.7 Å². The average Bonchev–Trinajstić information content (AvgIpc) is 3.07. The molecule has 0 aromatic heterocycles. The van der Waals surface area contributed by atoms with Crippen molar-refractivity contribution < 1.29 is 9.59 Å². The lowest BCUT2D eigenvalue weighted by Gasteiger charge is -2.22. The van der Waals surface area contributed by atoms with E-state index >= 15 is 0 Å². The lowest BCUT2D eigenvalue weighted by Crippen LogP contribution is -2.41. The molecule has 0 radical (unpaired) electrons.